The van der Waals surface area contributed by atoms with E-state index in [-0.39, 0.29) is 5.91 Å². The first-order chi connectivity index (χ1) is 12.4. The molecule has 0 N–H and O–H groups in total. The number of amides is 1. The predicted molar refractivity (Wildman–Crippen MR) is 103 cm³/mol. The molecule has 0 saturated carbocycles. The molecular weight excluding hydrogens is 324 g/mol. The maximum atomic E-state index is 12.8. The first-order valence-electron chi connectivity index (χ1n) is 9.17. The van der Waals surface area contributed by atoms with E-state index in [1.54, 1.807) is 4.90 Å². The lowest BCUT2D eigenvalue weighted by atomic mass is 10.1. The number of nitriles is 1. The summed E-state index contributed by atoms with van der Waals surface area (Å²) in [5.74, 6) is 0.522. The molecule has 1 amide bonds. The van der Waals surface area contributed by atoms with Crippen LogP contribution in [0.1, 0.15) is 54.0 Å². The van der Waals surface area contributed by atoms with Crippen molar-refractivity contribution >= 4 is 5.91 Å². The second-order valence-electron chi connectivity index (χ2n) is 7.16. The van der Waals surface area contributed by atoms with Gasteiger partial charge in [0, 0.05) is 24.3 Å². The molecule has 5 heteroatoms. The maximum Gasteiger partial charge on any atom is 0.253 e. The van der Waals surface area contributed by atoms with Crippen molar-refractivity contribution in [3.8, 4) is 6.07 Å². The van der Waals surface area contributed by atoms with Crippen molar-refractivity contribution in [2.75, 3.05) is 13.1 Å². The van der Waals surface area contributed by atoms with E-state index < -0.39 is 0 Å². The van der Waals surface area contributed by atoms with Crippen molar-refractivity contribution in [3.63, 3.8) is 0 Å². The van der Waals surface area contributed by atoms with Gasteiger partial charge in [0.2, 0.25) is 0 Å². The number of carbonyl (C=O) groups is 1. The summed E-state index contributed by atoms with van der Waals surface area (Å²) in [6, 6.07) is 11.9. The number of hydrogen-bond donors (Lipinski definition) is 0. The van der Waals surface area contributed by atoms with Gasteiger partial charge in [0.25, 0.3) is 5.91 Å². The fraction of sp³-hybridized carbons (Fsp3) is 0.476. The highest BCUT2D eigenvalue weighted by Gasteiger charge is 2.16. The van der Waals surface area contributed by atoms with E-state index in [4.69, 9.17) is 5.26 Å². The van der Waals surface area contributed by atoms with Gasteiger partial charge in [0.1, 0.15) is 0 Å². The Bertz CT molecular complexity index is 768. The van der Waals surface area contributed by atoms with E-state index in [1.165, 1.54) is 0 Å². The molecule has 0 saturated heterocycles. The van der Waals surface area contributed by atoms with Crippen LogP contribution in [0, 0.1) is 31.1 Å². The number of hydrogen-bond acceptors (Lipinski definition) is 3. The Hall–Kier alpha value is -2.61. The number of nitrogens with zero attached hydrogens (tertiary/aromatic N) is 4. The van der Waals surface area contributed by atoms with E-state index in [1.807, 2.05) is 42.8 Å². The van der Waals surface area contributed by atoms with Gasteiger partial charge in [-0.25, -0.2) is 0 Å². The summed E-state index contributed by atoms with van der Waals surface area (Å²) >= 11 is 0. The minimum atomic E-state index is -0.00133. The van der Waals surface area contributed by atoms with Gasteiger partial charge >= 0.3 is 0 Å². The minimum Gasteiger partial charge on any atom is -0.338 e. The Morgan fingerprint density at radius 1 is 1.23 bits per heavy atom. The van der Waals surface area contributed by atoms with Crippen LogP contribution in [0.4, 0.5) is 0 Å². The third-order valence-corrected chi connectivity index (χ3v) is 4.39. The third kappa shape index (κ3) is 5.45. The molecule has 0 unspecified atom stereocenters. The summed E-state index contributed by atoms with van der Waals surface area (Å²) in [7, 11) is 0. The normalized spacial score (nSPS) is 10.8. The Morgan fingerprint density at radius 2 is 1.92 bits per heavy atom. The first kappa shape index (κ1) is 19.7. The van der Waals surface area contributed by atoms with E-state index in [0.717, 1.165) is 23.4 Å². The van der Waals surface area contributed by atoms with Gasteiger partial charge in [-0.1, -0.05) is 26.0 Å². The Kier molecular flexibility index (Phi) is 6.97. The minimum absolute atomic E-state index is 0.00133. The highest BCUT2D eigenvalue weighted by Crippen LogP contribution is 2.13. The van der Waals surface area contributed by atoms with Crippen molar-refractivity contribution in [2.24, 2.45) is 5.92 Å². The van der Waals surface area contributed by atoms with Crippen LogP contribution in [0.3, 0.4) is 0 Å². The average molecular weight is 352 g/mol. The van der Waals surface area contributed by atoms with Crippen LogP contribution in [0.15, 0.2) is 30.3 Å². The maximum absolute atomic E-state index is 12.8. The van der Waals surface area contributed by atoms with Crippen molar-refractivity contribution in [2.45, 2.75) is 47.1 Å². The van der Waals surface area contributed by atoms with Crippen LogP contribution in [0.25, 0.3) is 0 Å². The lowest BCUT2D eigenvalue weighted by Gasteiger charge is -2.22. The van der Waals surface area contributed by atoms with Gasteiger partial charge in [0.05, 0.1) is 24.7 Å². The van der Waals surface area contributed by atoms with Crippen LogP contribution < -0.4 is 0 Å². The number of rotatable bonds is 8. The van der Waals surface area contributed by atoms with Gasteiger partial charge in [-0.2, -0.15) is 10.4 Å². The second kappa shape index (κ2) is 9.19. The molecule has 0 spiro atoms. The molecule has 0 atom stereocenters. The fourth-order valence-corrected chi connectivity index (χ4v) is 2.86. The Balaban J connectivity index is 2.07. The summed E-state index contributed by atoms with van der Waals surface area (Å²) in [5.41, 5.74) is 3.91. The largest absolute Gasteiger partial charge is 0.338 e. The van der Waals surface area contributed by atoms with Gasteiger partial charge in [-0.15, -0.1) is 0 Å². The van der Waals surface area contributed by atoms with Gasteiger partial charge in [0.15, 0.2) is 0 Å². The molecule has 2 aromatic rings. The van der Waals surface area contributed by atoms with Crippen LogP contribution in [0.2, 0.25) is 0 Å². The number of aryl methyl sites for hydroxylation is 2. The van der Waals surface area contributed by atoms with Crippen molar-refractivity contribution < 1.29 is 4.79 Å². The molecule has 2 rings (SSSR count). The second-order valence-corrected chi connectivity index (χ2v) is 7.16. The van der Waals surface area contributed by atoms with E-state index in [9.17, 15) is 4.79 Å². The number of carbonyl (C=O) groups excluding carboxylic acids is 1. The smallest absolute Gasteiger partial charge is 0.253 e. The SMILES string of the molecule is Cc1cc(C)n(Cc2ccc(C(=O)N(CCC#N)CCC(C)C)cc2)n1. The lowest BCUT2D eigenvalue weighted by molar-refractivity contribution is 0.0752. The Labute approximate surface area is 156 Å². The lowest BCUT2D eigenvalue weighted by Crippen LogP contribution is -2.33. The third-order valence-electron chi connectivity index (χ3n) is 4.39. The number of aromatic nitrogens is 2. The van der Waals surface area contributed by atoms with E-state index in [2.05, 4.69) is 31.1 Å². The van der Waals surface area contributed by atoms with Gasteiger partial charge < -0.3 is 4.90 Å². The average Bonchev–Trinajstić information content (AvgIpc) is 2.92. The summed E-state index contributed by atoms with van der Waals surface area (Å²) < 4.78 is 1.97. The molecule has 0 aliphatic carbocycles. The molecule has 1 heterocycles. The van der Waals surface area contributed by atoms with Crippen molar-refractivity contribution in [3.05, 3.63) is 52.8 Å². The molecule has 138 valence electrons. The predicted octanol–water partition coefficient (Wildman–Crippen LogP) is 3.95. The summed E-state index contributed by atoms with van der Waals surface area (Å²) in [6.45, 7) is 10.2. The zero-order chi connectivity index (χ0) is 19.1. The highest BCUT2D eigenvalue weighted by molar-refractivity contribution is 5.94. The van der Waals surface area contributed by atoms with E-state index in [0.29, 0.717) is 37.5 Å². The summed E-state index contributed by atoms with van der Waals surface area (Å²) in [5, 5.41) is 13.3. The van der Waals surface area contributed by atoms with Crippen LogP contribution >= 0.6 is 0 Å². The van der Waals surface area contributed by atoms with Gasteiger partial charge in [-0.3, -0.25) is 9.48 Å². The van der Waals surface area contributed by atoms with Crippen LogP contribution in [-0.2, 0) is 6.54 Å². The fourth-order valence-electron chi connectivity index (χ4n) is 2.86. The standard InChI is InChI=1S/C21H28N4O/c1-16(2)10-13-24(12-5-11-22)21(26)20-8-6-19(7-9-20)15-25-18(4)14-17(3)23-25/h6-9,14,16H,5,10,12-13,15H2,1-4H3. The zero-order valence-corrected chi connectivity index (χ0v) is 16.2. The van der Waals surface area contributed by atoms with Crippen LogP contribution in [-0.4, -0.2) is 33.7 Å². The molecule has 0 aliphatic heterocycles. The monoisotopic (exact) mass is 352 g/mol. The number of benzene rings is 1. The molecule has 5 nitrogen and oxygen atoms in total. The topological polar surface area (TPSA) is 61.9 Å². The summed E-state index contributed by atoms with van der Waals surface area (Å²) in [6.07, 6.45) is 1.30. The molecule has 0 fully saturated rings. The molecule has 0 radical (unpaired) electrons. The van der Waals surface area contributed by atoms with Crippen molar-refractivity contribution in [1.29, 1.82) is 5.26 Å². The quantitative estimate of drug-likeness (QED) is 0.722. The first-order valence-corrected chi connectivity index (χ1v) is 9.17. The molecule has 0 aliphatic rings. The van der Waals surface area contributed by atoms with Gasteiger partial charge in [-0.05, 0) is 49.9 Å². The van der Waals surface area contributed by atoms with Crippen molar-refractivity contribution in [1.82, 2.24) is 14.7 Å². The molecule has 0 bridgehead atoms. The molecule has 1 aromatic carbocycles. The molecular formula is C21H28N4O. The molecule has 26 heavy (non-hydrogen) atoms. The highest BCUT2D eigenvalue weighted by atomic mass is 16.2. The zero-order valence-electron chi connectivity index (χ0n) is 16.2. The summed E-state index contributed by atoms with van der Waals surface area (Å²) in [4.78, 5) is 14.6. The van der Waals surface area contributed by atoms with E-state index >= 15 is 0 Å². The Morgan fingerprint density at radius 3 is 2.46 bits per heavy atom. The van der Waals surface area contributed by atoms with Crippen LogP contribution in [0.5, 0.6) is 0 Å². The molecule has 1 aromatic heterocycles.